The minimum Gasteiger partial charge on any atom is -0.507 e. The average molecular weight is 362 g/mol. The maximum absolute atomic E-state index is 12.1. The van der Waals surface area contributed by atoms with Crippen molar-refractivity contribution in [1.29, 1.82) is 0 Å². The Morgan fingerprint density at radius 2 is 1.92 bits per heavy atom. The minimum atomic E-state index is -3.91. The first-order valence-electron chi connectivity index (χ1n) is 6.84. The van der Waals surface area contributed by atoms with Crippen LogP contribution in [0, 0.1) is 0 Å². The highest BCUT2D eigenvalue weighted by molar-refractivity contribution is 7.89. The van der Waals surface area contributed by atoms with Gasteiger partial charge in [-0.15, -0.1) is 0 Å². The number of aromatic hydroxyl groups is 1. The Bertz CT molecular complexity index is 1020. The fourth-order valence-electron chi connectivity index (χ4n) is 2.15. The van der Waals surface area contributed by atoms with Crippen molar-refractivity contribution in [2.45, 2.75) is 5.03 Å². The van der Waals surface area contributed by atoms with Gasteiger partial charge < -0.3 is 5.11 Å². The minimum absolute atomic E-state index is 0.00117. The summed E-state index contributed by atoms with van der Waals surface area (Å²) in [5.41, 5.74) is 0.417. The van der Waals surface area contributed by atoms with E-state index in [0.29, 0.717) is 10.6 Å². The fraction of sp³-hybridized carbons (Fsp3) is 0. The van der Waals surface area contributed by atoms with E-state index in [1.54, 1.807) is 6.07 Å². The molecule has 0 atom stereocenters. The lowest BCUT2D eigenvalue weighted by Gasteiger charge is -2.05. The Kier molecular flexibility index (Phi) is 4.37. The molecule has 0 radical (unpaired) electrons. The molecule has 0 saturated carbocycles. The van der Waals surface area contributed by atoms with Gasteiger partial charge in [-0.1, -0.05) is 41.9 Å². The highest BCUT2D eigenvalue weighted by Gasteiger charge is 2.14. The highest BCUT2D eigenvalue weighted by atomic mass is 35.5. The van der Waals surface area contributed by atoms with Crippen LogP contribution in [-0.2, 0) is 10.0 Å². The number of nitrogens with one attached hydrogen (secondary N) is 1. The maximum Gasteiger partial charge on any atom is 0.294 e. The lowest BCUT2D eigenvalue weighted by Crippen LogP contribution is -2.19. The Labute approximate surface area is 143 Å². The van der Waals surface area contributed by atoms with Gasteiger partial charge >= 0.3 is 0 Å². The smallest absolute Gasteiger partial charge is 0.294 e. The zero-order valence-corrected chi connectivity index (χ0v) is 13.8. The number of phenolic OH excluding ortho intramolecular Hbond substituents is 1. The molecule has 122 valence electrons. The van der Waals surface area contributed by atoms with E-state index in [0.717, 1.165) is 10.8 Å². The van der Waals surface area contributed by atoms with Crippen LogP contribution in [0.1, 0.15) is 5.56 Å². The molecule has 0 fully saturated rings. The number of phenols is 1. The summed E-state index contributed by atoms with van der Waals surface area (Å²) < 4.78 is 24.2. The Hall–Kier alpha value is -2.64. The second kappa shape index (κ2) is 6.46. The van der Waals surface area contributed by atoms with E-state index in [4.69, 9.17) is 11.6 Å². The molecule has 0 saturated heterocycles. The van der Waals surface area contributed by atoms with Crippen molar-refractivity contribution >= 4 is 38.6 Å². The molecule has 0 amide bonds. The van der Waals surface area contributed by atoms with Crippen molar-refractivity contribution in [1.82, 2.24) is 9.82 Å². The lowest BCUT2D eigenvalue weighted by molar-refractivity contribution is 0.475. The second-order valence-corrected chi connectivity index (χ2v) is 6.93. The predicted octanol–water partition coefficient (Wildman–Crippen LogP) is 2.91. The van der Waals surface area contributed by atoms with E-state index in [2.05, 4.69) is 14.9 Å². The Balaban J connectivity index is 1.89. The summed E-state index contributed by atoms with van der Waals surface area (Å²) in [6.07, 6.45) is 2.49. The molecule has 2 aromatic carbocycles. The molecule has 2 N–H and O–H groups in total. The van der Waals surface area contributed by atoms with Crippen LogP contribution < -0.4 is 4.83 Å². The van der Waals surface area contributed by atoms with Gasteiger partial charge in [0, 0.05) is 11.8 Å². The van der Waals surface area contributed by atoms with E-state index < -0.39 is 10.0 Å². The SMILES string of the molecule is O=S(=O)(N/N=C/c1c(O)ccc2ccccc12)c1ccc(Cl)cn1. The Morgan fingerprint density at radius 3 is 2.67 bits per heavy atom. The van der Waals surface area contributed by atoms with Crippen LogP contribution in [0.5, 0.6) is 5.75 Å². The van der Waals surface area contributed by atoms with Crippen molar-refractivity contribution < 1.29 is 13.5 Å². The first-order valence-corrected chi connectivity index (χ1v) is 8.70. The number of halogens is 1. The molecule has 1 heterocycles. The number of fused-ring (bicyclic) bond motifs is 1. The van der Waals surface area contributed by atoms with Gasteiger partial charge in [0.1, 0.15) is 5.75 Å². The first kappa shape index (κ1) is 16.2. The number of pyridine rings is 1. The third-order valence-corrected chi connectivity index (χ3v) is 4.65. The monoisotopic (exact) mass is 361 g/mol. The van der Waals surface area contributed by atoms with Gasteiger partial charge in [-0.25, -0.2) is 4.98 Å². The maximum atomic E-state index is 12.1. The average Bonchev–Trinajstić information content (AvgIpc) is 2.57. The quantitative estimate of drug-likeness (QED) is 0.552. The summed E-state index contributed by atoms with van der Waals surface area (Å²) in [5.74, 6) is 0.00117. The lowest BCUT2D eigenvalue weighted by atomic mass is 10.0. The molecule has 1 aromatic heterocycles. The van der Waals surface area contributed by atoms with E-state index in [9.17, 15) is 13.5 Å². The summed E-state index contributed by atoms with van der Waals surface area (Å²) >= 11 is 5.68. The number of nitrogens with zero attached hydrogens (tertiary/aromatic N) is 2. The van der Waals surface area contributed by atoms with Crippen LogP contribution >= 0.6 is 11.6 Å². The van der Waals surface area contributed by atoms with E-state index in [1.807, 2.05) is 24.3 Å². The molecule has 0 aliphatic carbocycles. The van der Waals surface area contributed by atoms with Crippen LogP contribution in [0.2, 0.25) is 5.02 Å². The van der Waals surface area contributed by atoms with E-state index in [1.165, 1.54) is 30.6 Å². The number of hydrazone groups is 1. The number of aromatic nitrogens is 1. The zero-order chi connectivity index (χ0) is 17.2. The fourth-order valence-corrected chi connectivity index (χ4v) is 2.98. The molecule has 8 heteroatoms. The molecule has 0 aliphatic heterocycles. The van der Waals surface area contributed by atoms with Crippen LogP contribution in [-0.4, -0.2) is 24.7 Å². The number of sulfonamides is 1. The van der Waals surface area contributed by atoms with Crippen molar-refractivity contribution in [2.24, 2.45) is 5.10 Å². The molecule has 3 aromatic rings. The third kappa shape index (κ3) is 3.32. The summed E-state index contributed by atoms with van der Waals surface area (Å²) in [4.78, 5) is 5.80. The van der Waals surface area contributed by atoms with Crippen LogP contribution in [0.25, 0.3) is 10.8 Å². The predicted molar refractivity (Wildman–Crippen MR) is 92.8 cm³/mol. The largest absolute Gasteiger partial charge is 0.507 e. The topological polar surface area (TPSA) is 91.7 Å². The molecule has 0 aliphatic rings. The molecule has 6 nitrogen and oxygen atoms in total. The van der Waals surface area contributed by atoms with Gasteiger partial charge in [-0.3, -0.25) is 0 Å². The summed E-state index contributed by atoms with van der Waals surface area (Å²) in [6.45, 7) is 0. The molecule has 0 spiro atoms. The standard InChI is InChI=1S/C16H12ClN3O3S/c17-12-6-8-16(18-9-12)24(22,23)20-19-10-14-13-4-2-1-3-11(13)5-7-15(14)21/h1-10,20-21H/b19-10+. The summed E-state index contributed by atoms with van der Waals surface area (Å²) in [6, 6.07) is 13.4. The Morgan fingerprint density at radius 1 is 1.12 bits per heavy atom. The van der Waals surface area contributed by atoms with E-state index >= 15 is 0 Å². The highest BCUT2D eigenvalue weighted by Crippen LogP contribution is 2.25. The summed E-state index contributed by atoms with van der Waals surface area (Å²) in [7, 11) is -3.91. The summed E-state index contributed by atoms with van der Waals surface area (Å²) in [5, 5.41) is 15.5. The van der Waals surface area contributed by atoms with Crippen LogP contribution in [0.4, 0.5) is 0 Å². The number of hydrogen-bond acceptors (Lipinski definition) is 5. The number of benzene rings is 2. The second-order valence-electron chi connectivity index (χ2n) is 4.89. The van der Waals surface area contributed by atoms with Gasteiger partial charge in [0.15, 0.2) is 5.03 Å². The van der Waals surface area contributed by atoms with Gasteiger partial charge in [0.05, 0.1) is 11.2 Å². The molecule has 3 rings (SSSR count). The molecule has 24 heavy (non-hydrogen) atoms. The molecule has 0 bridgehead atoms. The molecule has 0 unspecified atom stereocenters. The van der Waals surface area contributed by atoms with Crippen molar-refractivity contribution in [3.8, 4) is 5.75 Å². The van der Waals surface area contributed by atoms with Gasteiger partial charge in [0.25, 0.3) is 10.0 Å². The van der Waals surface area contributed by atoms with Crippen molar-refractivity contribution in [2.75, 3.05) is 0 Å². The van der Waals surface area contributed by atoms with Gasteiger partial charge in [-0.05, 0) is 29.0 Å². The van der Waals surface area contributed by atoms with Gasteiger partial charge in [-0.2, -0.15) is 18.4 Å². The molecular formula is C16H12ClN3O3S. The zero-order valence-electron chi connectivity index (χ0n) is 12.2. The van der Waals surface area contributed by atoms with E-state index in [-0.39, 0.29) is 10.8 Å². The van der Waals surface area contributed by atoms with Crippen LogP contribution in [0.3, 0.4) is 0 Å². The van der Waals surface area contributed by atoms with Crippen LogP contribution in [0.15, 0.2) is 64.9 Å². The van der Waals surface area contributed by atoms with Gasteiger partial charge in [0.2, 0.25) is 0 Å². The third-order valence-electron chi connectivity index (χ3n) is 3.29. The number of hydrogen-bond donors (Lipinski definition) is 2. The van der Waals surface area contributed by atoms with Crippen molar-refractivity contribution in [3.63, 3.8) is 0 Å². The van der Waals surface area contributed by atoms with Crippen molar-refractivity contribution in [3.05, 3.63) is 65.3 Å². The first-order chi connectivity index (χ1) is 11.5. The number of rotatable bonds is 4. The molecular weight excluding hydrogens is 350 g/mol. The normalized spacial score (nSPS) is 11.9.